The summed E-state index contributed by atoms with van der Waals surface area (Å²) >= 11 is 0. The first-order valence-corrected chi connectivity index (χ1v) is 6.19. The standard InChI is InChI=1S/C12H24N2O2/c1-13-4-3-11(5-13)6-14(2)7-12(8-15)9-16-10-12/h11,15H,3-10H2,1-2H3. The van der Waals surface area contributed by atoms with Gasteiger partial charge in [0.15, 0.2) is 0 Å². The summed E-state index contributed by atoms with van der Waals surface area (Å²) in [6.45, 7) is 6.24. The van der Waals surface area contributed by atoms with Crippen LogP contribution in [0.1, 0.15) is 6.42 Å². The molecule has 0 spiro atoms. The predicted molar refractivity (Wildman–Crippen MR) is 63.4 cm³/mol. The number of hydrogen-bond donors (Lipinski definition) is 1. The fourth-order valence-electron chi connectivity index (χ4n) is 2.88. The van der Waals surface area contributed by atoms with E-state index in [0.717, 1.165) is 32.2 Å². The molecule has 0 aliphatic carbocycles. The molecule has 2 aliphatic heterocycles. The van der Waals surface area contributed by atoms with Crippen LogP contribution in [0.25, 0.3) is 0 Å². The summed E-state index contributed by atoms with van der Waals surface area (Å²) in [6, 6.07) is 0. The van der Waals surface area contributed by atoms with Crippen LogP contribution < -0.4 is 0 Å². The molecule has 0 saturated carbocycles. The van der Waals surface area contributed by atoms with Gasteiger partial charge in [-0.25, -0.2) is 0 Å². The Labute approximate surface area is 98.2 Å². The van der Waals surface area contributed by atoms with E-state index in [1.807, 2.05) is 0 Å². The predicted octanol–water partition coefficient (Wildman–Crippen LogP) is -0.121. The van der Waals surface area contributed by atoms with Gasteiger partial charge in [0.1, 0.15) is 0 Å². The largest absolute Gasteiger partial charge is 0.396 e. The molecule has 2 rings (SSSR count). The Morgan fingerprint density at radius 2 is 2.25 bits per heavy atom. The maximum atomic E-state index is 9.37. The van der Waals surface area contributed by atoms with E-state index in [4.69, 9.17) is 4.74 Å². The maximum Gasteiger partial charge on any atom is 0.0579 e. The van der Waals surface area contributed by atoms with Crippen LogP contribution in [0.3, 0.4) is 0 Å². The van der Waals surface area contributed by atoms with Gasteiger partial charge in [-0.15, -0.1) is 0 Å². The van der Waals surface area contributed by atoms with E-state index >= 15 is 0 Å². The Kier molecular flexibility index (Phi) is 3.85. The number of ether oxygens (including phenoxy) is 1. The van der Waals surface area contributed by atoms with E-state index in [0.29, 0.717) is 0 Å². The molecule has 0 amide bonds. The molecule has 0 bridgehead atoms. The van der Waals surface area contributed by atoms with E-state index in [9.17, 15) is 5.11 Å². The van der Waals surface area contributed by atoms with Crippen LogP contribution in [0.15, 0.2) is 0 Å². The lowest BCUT2D eigenvalue weighted by molar-refractivity contribution is -0.147. The summed E-state index contributed by atoms with van der Waals surface area (Å²) < 4.78 is 5.22. The minimum Gasteiger partial charge on any atom is -0.396 e. The van der Waals surface area contributed by atoms with Gasteiger partial charge in [-0.1, -0.05) is 0 Å². The molecule has 1 unspecified atom stereocenters. The number of aliphatic hydroxyl groups is 1. The normalized spacial score (nSPS) is 29.6. The Hall–Kier alpha value is -0.160. The van der Waals surface area contributed by atoms with Crippen molar-refractivity contribution >= 4 is 0 Å². The van der Waals surface area contributed by atoms with Crippen molar-refractivity contribution in [3.63, 3.8) is 0 Å². The zero-order valence-corrected chi connectivity index (χ0v) is 10.5. The maximum absolute atomic E-state index is 9.37. The SMILES string of the molecule is CN1CCC(CN(C)CC2(CO)COC2)C1. The number of hydrogen-bond acceptors (Lipinski definition) is 4. The third-order valence-corrected chi connectivity index (χ3v) is 3.82. The first-order valence-electron chi connectivity index (χ1n) is 6.19. The van der Waals surface area contributed by atoms with Crippen molar-refractivity contribution < 1.29 is 9.84 Å². The fourth-order valence-corrected chi connectivity index (χ4v) is 2.88. The van der Waals surface area contributed by atoms with Crippen LogP contribution in [0.4, 0.5) is 0 Å². The van der Waals surface area contributed by atoms with Gasteiger partial charge in [-0.2, -0.15) is 0 Å². The highest BCUT2D eigenvalue weighted by Gasteiger charge is 2.39. The van der Waals surface area contributed by atoms with Crippen LogP contribution in [0.2, 0.25) is 0 Å². The first-order chi connectivity index (χ1) is 7.63. The summed E-state index contributed by atoms with van der Waals surface area (Å²) in [4.78, 5) is 4.76. The van der Waals surface area contributed by atoms with E-state index in [2.05, 4.69) is 23.9 Å². The molecule has 0 aromatic carbocycles. The lowest BCUT2D eigenvalue weighted by Crippen LogP contribution is -2.53. The molecule has 1 atom stereocenters. The number of likely N-dealkylation sites (tertiary alicyclic amines) is 1. The van der Waals surface area contributed by atoms with Gasteiger partial charge in [0, 0.05) is 19.6 Å². The van der Waals surface area contributed by atoms with Gasteiger partial charge in [0.25, 0.3) is 0 Å². The average molecular weight is 228 g/mol. The van der Waals surface area contributed by atoms with Crippen molar-refractivity contribution in [2.45, 2.75) is 6.42 Å². The van der Waals surface area contributed by atoms with Crippen LogP contribution in [0.5, 0.6) is 0 Å². The minimum absolute atomic E-state index is 0.0270. The van der Waals surface area contributed by atoms with Crippen molar-refractivity contribution in [1.29, 1.82) is 0 Å². The van der Waals surface area contributed by atoms with Gasteiger partial charge in [0.05, 0.1) is 25.2 Å². The highest BCUT2D eigenvalue weighted by Crippen LogP contribution is 2.28. The molecule has 4 heteroatoms. The highest BCUT2D eigenvalue weighted by atomic mass is 16.5. The quantitative estimate of drug-likeness (QED) is 0.711. The molecule has 0 aromatic heterocycles. The molecule has 2 aliphatic rings. The molecule has 94 valence electrons. The second kappa shape index (κ2) is 5.00. The topological polar surface area (TPSA) is 35.9 Å². The molecule has 2 fully saturated rings. The summed E-state index contributed by atoms with van der Waals surface area (Å²) in [7, 11) is 4.35. The lowest BCUT2D eigenvalue weighted by Gasteiger charge is -2.42. The Morgan fingerprint density at radius 1 is 1.50 bits per heavy atom. The highest BCUT2D eigenvalue weighted by molar-refractivity contribution is 4.88. The monoisotopic (exact) mass is 228 g/mol. The van der Waals surface area contributed by atoms with Gasteiger partial charge >= 0.3 is 0 Å². The third-order valence-electron chi connectivity index (χ3n) is 3.82. The summed E-state index contributed by atoms with van der Waals surface area (Å²) in [5.74, 6) is 0.798. The second-order valence-electron chi connectivity index (χ2n) is 5.76. The summed E-state index contributed by atoms with van der Waals surface area (Å²) in [5.41, 5.74) is 0.0270. The van der Waals surface area contributed by atoms with Crippen LogP contribution in [-0.4, -0.2) is 75.0 Å². The van der Waals surface area contributed by atoms with Crippen LogP contribution >= 0.6 is 0 Å². The van der Waals surface area contributed by atoms with E-state index < -0.39 is 0 Å². The van der Waals surface area contributed by atoms with Crippen molar-refractivity contribution in [1.82, 2.24) is 9.80 Å². The van der Waals surface area contributed by atoms with Gasteiger partial charge < -0.3 is 19.6 Å². The van der Waals surface area contributed by atoms with Crippen molar-refractivity contribution in [3.05, 3.63) is 0 Å². The molecular weight excluding hydrogens is 204 g/mol. The average Bonchev–Trinajstić information content (AvgIpc) is 2.57. The number of nitrogens with zero attached hydrogens (tertiary/aromatic N) is 2. The van der Waals surface area contributed by atoms with E-state index in [1.54, 1.807) is 0 Å². The summed E-state index contributed by atoms with van der Waals surface area (Å²) in [5, 5.41) is 9.37. The summed E-state index contributed by atoms with van der Waals surface area (Å²) in [6.07, 6.45) is 1.31. The molecule has 0 radical (unpaired) electrons. The zero-order chi connectivity index (χ0) is 11.6. The Morgan fingerprint density at radius 3 is 2.69 bits per heavy atom. The smallest absolute Gasteiger partial charge is 0.0579 e. The number of aliphatic hydroxyl groups excluding tert-OH is 1. The molecule has 4 nitrogen and oxygen atoms in total. The Balaban J connectivity index is 1.73. The van der Waals surface area contributed by atoms with Gasteiger partial charge in [-0.3, -0.25) is 0 Å². The minimum atomic E-state index is 0.0270. The molecule has 0 aromatic rings. The molecule has 16 heavy (non-hydrogen) atoms. The van der Waals surface area contributed by atoms with Crippen molar-refractivity contribution in [2.75, 3.05) is 60.1 Å². The fraction of sp³-hybridized carbons (Fsp3) is 1.00. The van der Waals surface area contributed by atoms with E-state index in [1.165, 1.54) is 19.5 Å². The first kappa shape index (κ1) is 12.3. The van der Waals surface area contributed by atoms with Crippen molar-refractivity contribution in [3.8, 4) is 0 Å². The van der Waals surface area contributed by atoms with Crippen LogP contribution in [-0.2, 0) is 4.74 Å². The van der Waals surface area contributed by atoms with Crippen molar-refractivity contribution in [2.24, 2.45) is 11.3 Å². The van der Waals surface area contributed by atoms with Crippen LogP contribution in [0, 0.1) is 11.3 Å². The lowest BCUT2D eigenvalue weighted by atomic mass is 9.86. The second-order valence-corrected chi connectivity index (χ2v) is 5.76. The van der Waals surface area contributed by atoms with E-state index in [-0.39, 0.29) is 12.0 Å². The molecule has 2 heterocycles. The molecule has 1 N–H and O–H groups in total. The molecule has 2 saturated heterocycles. The Bertz CT molecular complexity index is 226. The van der Waals surface area contributed by atoms with Gasteiger partial charge in [-0.05, 0) is 33.0 Å². The zero-order valence-electron chi connectivity index (χ0n) is 10.5. The molecular formula is C12H24N2O2. The number of rotatable bonds is 5. The third kappa shape index (κ3) is 2.74. The van der Waals surface area contributed by atoms with Gasteiger partial charge in [0.2, 0.25) is 0 Å².